The molecule has 0 amide bonds. The topological polar surface area (TPSA) is 46.4 Å². The number of piperidine rings is 1. The number of nitrogens with zero attached hydrogens (tertiary/aromatic N) is 4. The number of allylic oxidation sites excluding steroid dienone is 1. The first-order valence-electron chi connectivity index (χ1n) is 6.83. The molecule has 0 saturated carbocycles. The number of halogens is 1. The van der Waals surface area contributed by atoms with Crippen LogP contribution in [0, 0.1) is 0 Å². The van der Waals surface area contributed by atoms with Crippen molar-refractivity contribution in [1.29, 1.82) is 0 Å². The van der Waals surface area contributed by atoms with Gasteiger partial charge in [0.15, 0.2) is 23.4 Å². The fraction of sp³-hybridized carbons (Fsp3) is 0.538. The number of ether oxygens (including phenoxy) is 2. The third-order valence-electron chi connectivity index (χ3n) is 4.15. The second-order valence-electron chi connectivity index (χ2n) is 5.31. The number of likely N-dealkylation sites (tertiary alicyclic amines) is 1. The highest BCUT2D eigenvalue weighted by atomic mass is 35.5. The van der Waals surface area contributed by atoms with Crippen molar-refractivity contribution in [3.63, 3.8) is 0 Å². The molecule has 0 N–H and O–H groups in total. The van der Waals surface area contributed by atoms with Gasteiger partial charge in [-0.05, 0) is 0 Å². The monoisotopic (exact) mass is 295 g/mol. The summed E-state index contributed by atoms with van der Waals surface area (Å²) in [5, 5.41) is 0. The molecule has 0 bridgehead atoms. The summed E-state index contributed by atoms with van der Waals surface area (Å²) in [4.78, 5) is 10.9. The summed E-state index contributed by atoms with van der Waals surface area (Å²) >= 11 is 6.48. The zero-order valence-corrected chi connectivity index (χ0v) is 11.8. The predicted octanol–water partition coefficient (Wildman–Crippen LogP) is 1.56. The molecule has 0 aromatic rings. The highest BCUT2D eigenvalue weighted by Gasteiger charge is 2.44. The standard InChI is InChI=1S/C13H16ClN4O2/c14-18-6-3-15-9-11(18)12(16-10-18)17-4-1-13(2-5-17)19-7-8-20-13/h3,6,9-10H,1-2,4-5,7-8H2/q+1. The molecule has 4 aliphatic heterocycles. The average molecular weight is 296 g/mol. The Balaban J connectivity index is 1.55. The molecule has 20 heavy (non-hydrogen) atoms. The van der Waals surface area contributed by atoms with E-state index >= 15 is 0 Å². The minimum absolute atomic E-state index is 0.0769. The van der Waals surface area contributed by atoms with Crippen LogP contribution in [0.25, 0.3) is 0 Å². The fourth-order valence-electron chi connectivity index (χ4n) is 3.02. The molecule has 4 rings (SSSR count). The van der Waals surface area contributed by atoms with Gasteiger partial charge < -0.3 is 14.4 Å². The van der Waals surface area contributed by atoms with Gasteiger partial charge in [0, 0.05) is 25.9 Å². The quantitative estimate of drug-likeness (QED) is 0.690. The minimum atomic E-state index is -0.364. The molecule has 4 heterocycles. The maximum atomic E-state index is 6.48. The van der Waals surface area contributed by atoms with Gasteiger partial charge in [-0.3, -0.25) is 4.99 Å². The van der Waals surface area contributed by atoms with E-state index in [0.29, 0.717) is 13.2 Å². The zero-order chi connectivity index (χ0) is 13.6. The van der Waals surface area contributed by atoms with Crippen LogP contribution in [0.1, 0.15) is 12.8 Å². The molecule has 0 aliphatic carbocycles. The van der Waals surface area contributed by atoms with E-state index in [1.165, 1.54) is 0 Å². The largest absolute Gasteiger partial charge is 0.351 e. The molecular formula is C13H16ClN4O2+. The summed E-state index contributed by atoms with van der Waals surface area (Å²) in [5.74, 6) is 0.540. The minimum Gasteiger partial charge on any atom is -0.351 e. The molecular weight excluding hydrogens is 280 g/mol. The van der Waals surface area contributed by atoms with Crippen LogP contribution in [0.2, 0.25) is 0 Å². The van der Waals surface area contributed by atoms with Gasteiger partial charge in [0.2, 0.25) is 12.0 Å². The summed E-state index contributed by atoms with van der Waals surface area (Å²) in [5.41, 5.74) is 0.901. The third-order valence-corrected chi connectivity index (χ3v) is 4.53. The molecule has 2 saturated heterocycles. The van der Waals surface area contributed by atoms with Gasteiger partial charge in [0.1, 0.15) is 6.20 Å². The molecule has 2 fully saturated rings. The molecule has 4 aliphatic rings. The van der Waals surface area contributed by atoms with E-state index in [1.807, 2.05) is 6.20 Å². The lowest BCUT2D eigenvalue weighted by Gasteiger charge is -2.38. The first-order valence-corrected chi connectivity index (χ1v) is 7.17. The van der Waals surface area contributed by atoms with Crippen LogP contribution in [-0.4, -0.2) is 53.5 Å². The maximum Gasteiger partial charge on any atom is 0.223 e. The van der Waals surface area contributed by atoms with Crippen LogP contribution in [-0.2, 0) is 9.47 Å². The summed E-state index contributed by atoms with van der Waals surface area (Å²) in [6.07, 6.45) is 8.71. The van der Waals surface area contributed by atoms with Gasteiger partial charge in [0.05, 0.1) is 25.6 Å². The Hall–Kier alpha value is -1.21. The van der Waals surface area contributed by atoms with Gasteiger partial charge >= 0.3 is 0 Å². The van der Waals surface area contributed by atoms with Crippen LogP contribution < -0.4 is 0 Å². The fourth-order valence-corrected chi connectivity index (χ4v) is 3.24. The van der Waals surface area contributed by atoms with Crippen molar-refractivity contribution < 1.29 is 13.5 Å². The Morgan fingerprint density at radius 1 is 1.25 bits per heavy atom. The van der Waals surface area contributed by atoms with Gasteiger partial charge in [-0.15, -0.1) is 4.00 Å². The smallest absolute Gasteiger partial charge is 0.223 e. The van der Waals surface area contributed by atoms with Crippen molar-refractivity contribution in [2.24, 2.45) is 9.98 Å². The van der Waals surface area contributed by atoms with Crippen molar-refractivity contribution in [1.82, 2.24) is 4.90 Å². The molecule has 7 heteroatoms. The summed E-state index contributed by atoms with van der Waals surface area (Å²) < 4.78 is 11.6. The molecule has 1 atom stereocenters. The Morgan fingerprint density at radius 3 is 2.75 bits per heavy atom. The van der Waals surface area contributed by atoms with E-state index in [-0.39, 0.29) is 9.79 Å². The van der Waals surface area contributed by atoms with E-state index in [0.717, 1.165) is 37.4 Å². The Morgan fingerprint density at radius 2 is 2.00 bits per heavy atom. The summed E-state index contributed by atoms with van der Waals surface area (Å²) in [6.45, 7) is 3.10. The molecule has 1 unspecified atom stereocenters. The van der Waals surface area contributed by atoms with Crippen LogP contribution in [0.3, 0.4) is 0 Å². The van der Waals surface area contributed by atoms with Crippen LogP contribution in [0.5, 0.6) is 0 Å². The third kappa shape index (κ3) is 1.83. The highest BCUT2D eigenvalue weighted by Crippen LogP contribution is 2.37. The summed E-state index contributed by atoms with van der Waals surface area (Å²) in [7, 11) is 0. The van der Waals surface area contributed by atoms with Gasteiger partial charge in [-0.1, -0.05) is 0 Å². The molecule has 0 aromatic heterocycles. The van der Waals surface area contributed by atoms with Crippen LogP contribution in [0.4, 0.5) is 0 Å². The normalized spacial score (nSPS) is 34.4. The number of hydrogen-bond donors (Lipinski definition) is 0. The van der Waals surface area contributed by atoms with Crippen molar-refractivity contribution in [2.45, 2.75) is 18.6 Å². The van der Waals surface area contributed by atoms with E-state index in [4.69, 9.17) is 21.3 Å². The van der Waals surface area contributed by atoms with Gasteiger partial charge in [0.25, 0.3) is 0 Å². The van der Waals surface area contributed by atoms with Crippen molar-refractivity contribution >= 4 is 24.3 Å². The Kier molecular flexibility index (Phi) is 2.75. The average Bonchev–Trinajstić information content (AvgIpc) is 3.05. The second-order valence-corrected chi connectivity index (χ2v) is 5.87. The molecule has 1 spiro atoms. The van der Waals surface area contributed by atoms with Gasteiger partial charge in [-0.2, -0.15) is 4.99 Å². The highest BCUT2D eigenvalue weighted by molar-refractivity contribution is 6.14. The van der Waals surface area contributed by atoms with E-state index in [1.54, 1.807) is 18.8 Å². The molecule has 6 nitrogen and oxygen atoms in total. The first-order chi connectivity index (χ1) is 9.71. The molecule has 106 valence electrons. The van der Waals surface area contributed by atoms with Gasteiger partial charge in [-0.25, -0.2) is 0 Å². The molecule has 0 radical (unpaired) electrons. The number of quaternary nitrogens is 1. The number of rotatable bonds is 1. The summed E-state index contributed by atoms with van der Waals surface area (Å²) in [6, 6.07) is 0. The number of hydrogen-bond acceptors (Lipinski definition) is 5. The SMILES string of the molecule is Cl[N+]12C=CN=CC1=C(N1CCC3(CC1)OCCO3)N=C2. The molecule has 0 aromatic carbocycles. The predicted molar refractivity (Wildman–Crippen MR) is 74.7 cm³/mol. The Labute approximate surface area is 122 Å². The lowest BCUT2D eigenvalue weighted by Crippen LogP contribution is -2.45. The lowest BCUT2D eigenvalue weighted by atomic mass is 10.0. The lowest BCUT2D eigenvalue weighted by molar-refractivity contribution is -0.592. The maximum absolute atomic E-state index is 6.48. The van der Waals surface area contributed by atoms with E-state index < -0.39 is 0 Å². The van der Waals surface area contributed by atoms with Crippen molar-refractivity contribution in [3.05, 3.63) is 23.9 Å². The van der Waals surface area contributed by atoms with Crippen molar-refractivity contribution in [3.8, 4) is 0 Å². The zero-order valence-electron chi connectivity index (χ0n) is 11.0. The first kappa shape index (κ1) is 12.5. The van der Waals surface area contributed by atoms with Crippen molar-refractivity contribution in [2.75, 3.05) is 26.3 Å². The van der Waals surface area contributed by atoms with E-state index in [9.17, 15) is 0 Å². The second kappa shape index (κ2) is 4.39. The Bertz CT molecular complexity index is 541. The van der Waals surface area contributed by atoms with Crippen LogP contribution >= 0.6 is 11.8 Å². The number of fused-ring (bicyclic) bond motifs is 1. The van der Waals surface area contributed by atoms with E-state index in [2.05, 4.69) is 14.9 Å². The number of aliphatic imine (C=N–C) groups is 2. The van der Waals surface area contributed by atoms with Crippen LogP contribution in [0.15, 0.2) is 33.9 Å².